The number of nitrogens with zero attached hydrogens (tertiary/aromatic N) is 1. The maximum atomic E-state index is 12.2. The van der Waals surface area contributed by atoms with E-state index in [4.69, 9.17) is 5.73 Å². The van der Waals surface area contributed by atoms with Crippen LogP contribution in [0, 0.1) is 11.8 Å². The molecule has 106 valence electrons. The third kappa shape index (κ3) is 4.94. The number of aliphatic hydroxyl groups is 1. The first-order chi connectivity index (χ1) is 8.34. The second kappa shape index (κ2) is 6.53. The van der Waals surface area contributed by atoms with Gasteiger partial charge < -0.3 is 15.7 Å². The Morgan fingerprint density at radius 1 is 1.50 bits per heavy atom. The van der Waals surface area contributed by atoms with Crippen LogP contribution in [0.1, 0.15) is 46.5 Å². The summed E-state index contributed by atoms with van der Waals surface area (Å²) in [5.41, 5.74) is 5.01. The monoisotopic (exact) mass is 256 g/mol. The third-order valence-corrected chi connectivity index (χ3v) is 3.63. The molecule has 3 N–H and O–H groups in total. The molecule has 18 heavy (non-hydrogen) atoms. The van der Waals surface area contributed by atoms with Crippen LogP contribution in [-0.4, -0.2) is 41.1 Å². The van der Waals surface area contributed by atoms with Crippen molar-refractivity contribution in [3.05, 3.63) is 0 Å². The molecule has 0 saturated carbocycles. The summed E-state index contributed by atoms with van der Waals surface area (Å²) >= 11 is 0. The van der Waals surface area contributed by atoms with E-state index < -0.39 is 5.60 Å². The molecule has 0 bridgehead atoms. The van der Waals surface area contributed by atoms with Gasteiger partial charge in [0.25, 0.3) is 0 Å². The van der Waals surface area contributed by atoms with Gasteiger partial charge in [0, 0.05) is 19.5 Å². The van der Waals surface area contributed by atoms with Crippen LogP contribution in [0.15, 0.2) is 0 Å². The molecule has 0 aliphatic carbocycles. The van der Waals surface area contributed by atoms with Gasteiger partial charge in [-0.15, -0.1) is 0 Å². The number of amides is 1. The first-order valence-electron chi connectivity index (χ1n) is 7.04. The maximum Gasteiger partial charge on any atom is 0.222 e. The molecule has 0 aromatic carbocycles. The molecule has 1 saturated heterocycles. The molecule has 4 nitrogen and oxygen atoms in total. The van der Waals surface area contributed by atoms with E-state index in [2.05, 4.69) is 13.8 Å². The first kappa shape index (κ1) is 15.4. The van der Waals surface area contributed by atoms with E-state index >= 15 is 0 Å². The molecule has 1 rings (SSSR count). The van der Waals surface area contributed by atoms with Crippen molar-refractivity contribution in [3.8, 4) is 0 Å². The lowest BCUT2D eigenvalue weighted by atomic mass is 9.91. The molecule has 1 amide bonds. The number of nitrogens with two attached hydrogens (primary N) is 1. The predicted octanol–water partition coefficient (Wildman–Crippen LogP) is 1.37. The molecule has 2 atom stereocenters. The maximum absolute atomic E-state index is 12.2. The van der Waals surface area contributed by atoms with E-state index in [0.717, 1.165) is 25.8 Å². The normalized spacial score (nSPS) is 26.4. The Hall–Kier alpha value is -0.610. The fraction of sp³-hybridized carbons (Fsp3) is 0.929. The molecular weight excluding hydrogens is 228 g/mol. The molecular formula is C14H28N2O2. The van der Waals surface area contributed by atoms with Gasteiger partial charge >= 0.3 is 0 Å². The van der Waals surface area contributed by atoms with Crippen molar-refractivity contribution < 1.29 is 9.90 Å². The average molecular weight is 256 g/mol. The van der Waals surface area contributed by atoms with Crippen LogP contribution in [0.4, 0.5) is 0 Å². The Balaban J connectivity index is 2.48. The Morgan fingerprint density at radius 2 is 2.17 bits per heavy atom. The highest BCUT2D eigenvalue weighted by atomic mass is 16.3. The number of likely N-dealkylation sites (tertiary alicyclic amines) is 1. The molecule has 4 heteroatoms. The molecule has 1 aliphatic heterocycles. The average Bonchev–Trinajstić information content (AvgIpc) is 2.26. The van der Waals surface area contributed by atoms with E-state index in [1.807, 2.05) is 0 Å². The first-order valence-corrected chi connectivity index (χ1v) is 7.04. The molecule has 0 radical (unpaired) electrons. The number of hydrogen-bond donors (Lipinski definition) is 2. The van der Waals surface area contributed by atoms with E-state index in [9.17, 15) is 9.90 Å². The van der Waals surface area contributed by atoms with Gasteiger partial charge in [-0.05, 0) is 44.6 Å². The summed E-state index contributed by atoms with van der Waals surface area (Å²) in [7, 11) is 0. The van der Waals surface area contributed by atoms with Crippen LogP contribution in [0.5, 0.6) is 0 Å². The zero-order chi connectivity index (χ0) is 13.8. The number of piperidine rings is 1. The van der Waals surface area contributed by atoms with Crippen LogP contribution in [0.25, 0.3) is 0 Å². The zero-order valence-electron chi connectivity index (χ0n) is 12.0. The van der Waals surface area contributed by atoms with Gasteiger partial charge in [0.2, 0.25) is 5.91 Å². The van der Waals surface area contributed by atoms with Crippen molar-refractivity contribution in [3.63, 3.8) is 0 Å². The van der Waals surface area contributed by atoms with Crippen molar-refractivity contribution in [1.82, 2.24) is 4.90 Å². The van der Waals surface area contributed by atoms with Crippen LogP contribution < -0.4 is 5.73 Å². The minimum Gasteiger partial charge on any atom is -0.388 e. The number of carbonyl (C=O) groups is 1. The van der Waals surface area contributed by atoms with Crippen molar-refractivity contribution in [2.75, 3.05) is 19.6 Å². The molecule has 2 unspecified atom stereocenters. The molecule has 1 aliphatic rings. The lowest BCUT2D eigenvalue weighted by Crippen LogP contribution is -2.49. The van der Waals surface area contributed by atoms with Crippen molar-refractivity contribution in [2.45, 2.75) is 52.1 Å². The predicted molar refractivity (Wildman–Crippen MR) is 73.1 cm³/mol. The minimum absolute atomic E-state index is 0.145. The smallest absolute Gasteiger partial charge is 0.222 e. The van der Waals surface area contributed by atoms with Gasteiger partial charge in [0.05, 0.1) is 5.60 Å². The lowest BCUT2D eigenvalue weighted by Gasteiger charge is -2.37. The van der Waals surface area contributed by atoms with Crippen LogP contribution in [-0.2, 0) is 4.79 Å². The van der Waals surface area contributed by atoms with Gasteiger partial charge in [-0.1, -0.05) is 13.8 Å². The van der Waals surface area contributed by atoms with Gasteiger partial charge in [0.15, 0.2) is 0 Å². The van der Waals surface area contributed by atoms with E-state index in [-0.39, 0.29) is 11.8 Å². The van der Waals surface area contributed by atoms with Gasteiger partial charge in [0.1, 0.15) is 0 Å². The van der Waals surface area contributed by atoms with Crippen LogP contribution in [0.3, 0.4) is 0 Å². The van der Waals surface area contributed by atoms with Crippen molar-refractivity contribution in [2.24, 2.45) is 17.6 Å². The van der Waals surface area contributed by atoms with Gasteiger partial charge in [-0.2, -0.15) is 0 Å². The second-order valence-electron chi connectivity index (χ2n) is 6.35. The van der Waals surface area contributed by atoms with E-state index in [0.29, 0.717) is 25.4 Å². The summed E-state index contributed by atoms with van der Waals surface area (Å²) in [5, 5.41) is 10.0. The Kier molecular flexibility index (Phi) is 5.60. The molecule has 1 heterocycles. The largest absolute Gasteiger partial charge is 0.388 e. The van der Waals surface area contributed by atoms with Crippen LogP contribution >= 0.6 is 0 Å². The van der Waals surface area contributed by atoms with Gasteiger partial charge in [-0.25, -0.2) is 0 Å². The third-order valence-electron chi connectivity index (χ3n) is 3.63. The van der Waals surface area contributed by atoms with E-state index in [1.165, 1.54) is 0 Å². The summed E-state index contributed by atoms with van der Waals surface area (Å²) in [6, 6.07) is 0. The van der Waals surface area contributed by atoms with Crippen molar-refractivity contribution >= 4 is 5.91 Å². The fourth-order valence-corrected chi connectivity index (χ4v) is 2.74. The summed E-state index contributed by atoms with van der Waals surface area (Å²) in [6.07, 6.45) is 3.18. The number of rotatable bonds is 5. The highest BCUT2D eigenvalue weighted by Crippen LogP contribution is 2.22. The van der Waals surface area contributed by atoms with Crippen molar-refractivity contribution in [1.29, 1.82) is 0 Å². The number of carbonyl (C=O) groups excluding carboxylic acids is 1. The molecule has 0 aromatic heterocycles. The lowest BCUT2D eigenvalue weighted by molar-refractivity contribution is -0.138. The SMILES string of the molecule is CC(C)CC(CN)CC(=O)N1CCCC(C)(O)C1. The fourth-order valence-electron chi connectivity index (χ4n) is 2.74. The highest BCUT2D eigenvalue weighted by molar-refractivity contribution is 5.76. The topological polar surface area (TPSA) is 66.6 Å². The van der Waals surface area contributed by atoms with Gasteiger partial charge in [-0.3, -0.25) is 4.79 Å². The Labute approximate surface area is 111 Å². The summed E-state index contributed by atoms with van der Waals surface area (Å²) in [6.45, 7) is 7.91. The Bertz CT molecular complexity index is 277. The number of β-amino-alcohol motifs (C(OH)–C–C–N with tert-alkyl or cyclic N) is 1. The second-order valence-corrected chi connectivity index (χ2v) is 6.35. The standard InChI is InChI=1S/C14H28N2O2/c1-11(2)7-12(9-15)8-13(17)16-6-4-5-14(3,18)10-16/h11-12,18H,4-10,15H2,1-3H3. The Morgan fingerprint density at radius 3 is 2.67 bits per heavy atom. The number of hydrogen-bond acceptors (Lipinski definition) is 3. The van der Waals surface area contributed by atoms with E-state index in [1.54, 1.807) is 11.8 Å². The summed E-state index contributed by atoms with van der Waals surface area (Å²) in [5.74, 6) is 0.978. The summed E-state index contributed by atoms with van der Waals surface area (Å²) in [4.78, 5) is 14.0. The molecule has 0 aromatic rings. The zero-order valence-corrected chi connectivity index (χ0v) is 12.0. The minimum atomic E-state index is -0.718. The van der Waals surface area contributed by atoms with Crippen LogP contribution in [0.2, 0.25) is 0 Å². The summed E-state index contributed by atoms with van der Waals surface area (Å²) < 4.78 is 0. The quantitative estimate of drug-likeness (QED) is 0.781. The molecule has 0 spiro atoms. The molecule has 1 fully saturated rings. The highest BCUT2D eigenvalue weighted by Gasteiger charge is 2.31.